The van der Waals surface area contributed by atoms with Gasteiger partial charge in [0.15, 0.2) is 5.69 Å². The zero-order valence-corrected chi connectivity index (χ0v) is 17.3. The Morgan fingerprint density at radius 2 is 1.77 bits per heavy atom. The summed E-state index contributed by atoms with van der Waals surface area (Å²) >= 11 is 0. The Bertz CT molecular complexity index is 1170. The molecule has 156 valence electrons. The largest absolute Gasteiger partial charge is 0.337 e. The molecule has 0 atom stereocenters. The van der Waals surface area contributed by atoms with Gasteiger partial charge in [-0.1, -0.05) is 12.1 Å². The summed E-state index contributed by atoms with van der Waals surface area (Å²) in [6, 6.07) is 14.4. The summed E-state index contributed by atoms with van der Waals surface area (Å²) < 4.78 is 16.1. The molecule has 5 nitrogen and oxygen atoms in total. The number of aryl methyl sites for hydroxylation is 2. The first-order valence-electron chi connectivity index (χ1n) is 10.9. The smallest absolute Gasteiger partial charge is 0.274 e. The van der Waals surface area contributed by atoms with E-state index in [4.69, 9.17) is 5.26 Å². The highest BCUT2D eigenvalue weighted by molar-refractivity contribution is 5.93. The maximum absolute atomic E-state index is 14.4. The second kappa shape index (κ2) is 7.99. The number of hydrogen-bond acceptors (Lipinski definition) is 3. The lowest BCUT2D eigenvalue weighted by molar-refractivity contribution is 0.0718. The Balaban J connectivity index is 1.61. The highest BCUT2D eigenvalue weighted by atomic mass is 19.1. The average molecular weight is 414 g/mol. The molecule has 0 saturated carbocycles. The molecule has 1 aromatic heterocycles. The molecule has 2 heterocycles. The minimum absolute atomic E-state index is 0.00281. The third-order valence-electron chi connectivity index (χ3n) is 6.28. The number of hydrogen-bond donors (Lipinski definition) is 0. The van der Waals surface area contributed by atoms with Crippen molar-refractivity contribution in [2.24, 2.45) is 0 Å². The number of nitriles is 1. The van der Waals surface area contributed by atoms with Gasteiger partial charge >= 0.3 is 0 Å². The molecule has 2 aliphatic rings. The fourth-order valence-corrected chi connectivity index (χ4v) is 4.60. The molecule has 0 radical (unpaired) electrons. The number of benzene rings is 2. The van der Waals surface area contributed by atoms with E-state index in [2.05, 4.69) is 17.2 Å². The fraction of sp³-hybridized carbons (Fsp3) is 0.320. The van der Waals surface area contributed by atoms with Gasteiger partial charge in [0.25, 0.3) is 5.91 Å². The Kier molecular flexibility index (Phi) is 5.03. The highest BCUT2D eigenvalue weighted by Crippen LogP contribution is 2.30. The number of fused-ring (bicyclic) bond motifs is 1. The van der Waals surface area contributed by atoms with Crippen LogP contribution in [0.2, 0.25) is 0 Å². The number of halogens is 1. The monoisotopic (exact) mass is 414 g/mol. The van der Waals surface area contributed by atoms with Crippen LogP contribution in [0.5, 0.6) is 0 Å². The van der Waals surface area contributed by atoms with E-state index in [1.54, 1.807) is 16.8 Å². The van der Waals surface area contributed by atoms with Gasteiger partial charge in [-0.25, -0.2) is 9.07 Å². The van der Waals surface area contributed by atoms with E-state index < -0.39 is 5.82 Å². The Morgan fingerprint density at radius 1 is 0.968 bits per heavy atom. The van der Waals surface area contributed by atoms with E-state index in [9.17, 15) is 9.18 Å². The van der Waals surface area contributed by atoms with Gasteiger partial charge in [0, 0.05) is 18.7 Å². The number of piperidine rings is 1. The van der Waals surface area contributed by atoms with Crippen LogP contribution in [0.15, 0.2) is 42.5 Å². The first kappa shape index (κ1) is 19.5. The topological polar surface area (TPSA) is 61.9 Å². The molecule has 1 amide bonds. The molecule has 0 bridgehead atoms. The minimum atomic E-state index is -0.578. The first-order chi connectivity index (χ1) is 15.1. The van der Waals surface area contributed by atoms with Gasteiger partial charge in [-0.05, 0) is 80.0 Å². The second-order valence-corrected chi connectivity index (χ2v) is 8.29. The van der Waals surface area contributed by atoms with Crippen molar-refractivity contribution in [1.82, 2.24) is 14.7 Å². The zero-order valence-electron chi connectivity index (χ0n) is 17.3. The predicted octanol–water partition coefficient (Wildman–Crippen LogP) is 4.66. The standard InChI is InChI=1S/C25H23FN4O/c26-22-14-19(7-8-20(22)16-27)24-15-23(25(31)29-11-2-1-3-12-29)28-30(24)21-10-9-17-5-4-6-18(17)13-21/h7-10,13-15H,1-6,11-12H2. The summed E-state index contributed by atoms with van der Waals surface area (Å²) in [5.74, 6) is -0.666. The Morgan fingerprint density at radius 3 is 2.55 bits per heavy atom. The van der Waals surface area contributed by atoms with Gasteiger partial charge in [0.2, 0.25) is 0 Å². The molecule has 6 heteroatoms. The predicted molar refractivity (Wildman–Crippen MR) is 115 cm³/mol. The molecule has 1 aliphatic heterocycles. The summed E-state index contributed by atoms with van der Waals surface area (Å²) in [7, 11) is 0. The number of carbonyl (C=O) groups is 1. The molecule has 0 N–H and O–H groups in total. The van der Waals surface area contributed by atoms with Crippen LogP contribution in [-0.2, 0) is 12.8 Å². The van der Waals surface area contributed by atoms with E-state index in [0.717, 1.165) is 57.3 Å². The van der Waals surface area contributed by atoms with Gasteiger partial charge in [-0.15, -0.1) is 0 Å². The number of amides is 1. The molecule has 1 aliphatic carbocycles. The summed E-state index contributed by atoms with van der Waals surface area (Å²) in [5.41, 5.74) is 5.10. The van der Waals surface area contributed by atoms with E-state index in [0.29, 0.717) is 17.0 Å². The summed E-state index contributed by atoms with van der Waals surface area (Å²) in [4.78, 5) is 15.0. The number of rotatable bonds is 3. The van der Waals surface area contributed by atoms with Crippen molar-refractivity contribution in [3.05, 3.63) is 70.7 Å². The third kappa shape index (κ3) is 3.61. The maximum Gasteiger partial charge on any atom is 0.274 e. The van der Waals surface area contributed by atoms with Crippen molar-refractivity contribution in [3.8, 4) is 23.0 Å². The molecule has 0 unspecified atom stereocenters. The zero-order chi connectivity index (χ0) is 21.4. The van der Waals surface area contributed by atoms with E-state index in [1.807, 2.05) is 17.0 Å². The van der Waals surface area contributed by atoms with E-state index >= 15 is 0 Å². The van der Waals surface area contributed by atoms with Crippen molar-refractivity contribution >= 4 is 5.91 Å². The summed E-state index contributed by atoms with van der Waals surface area (Å²) in [5, 5.41) is 13.7. The van der Waals surface area contributed by atoms with Crippen LogP contribution in [0.25, 0.3) is 16.9 Å². The molecule has 1 saturated heterocycles. The van der Waals surface area contributed by atoms with Gasteiger partial charge < -0.3 is 4.90 Å². The number of carbonyl (C=O) groups excluding carboxylic acids is 1. The molecule has 3 aromatic rings. The van der Waals surface area contributed by atoms with Gasteiger partial charge in [-0.3, -0.25) is 4.79 Å². The second-order valence-electron chi connectivity index (χ2n) is 8.29. The number of nitrogens with zero attached hydrogens (tertiary/aromatic N) is 4. The lowest BCUT2D eigenvalue weighted by Crippen LogP contribution is -2.35. The molecule has 5 rings (SSSR count). The third-order valence-corrected chi connectivity index (χ3v) is 6.28. The van der Waals surface area contributed by atoms with Crippen LogP contribution in [0.3, 0.4) is 0 Å². The fourth-order valence-electron chi connectivity index (χ4n) is 4.60. The van der Waals surface area contributed by atoms with Gasteiger partial charge in [0.1, 0.15) is 11.9 Å². The van der Waals surface area contributed by atoms with Gasteiger partial charge in [0.05, 0.1) is 16.9 Å². The molecule has 1 fully saturated rings. The maximum atomic E-state index is 14.4. The molecule has 2 aromatic carbocycles. The van der Waals surface area contributed by atoms with Crippen molar-refractivity contribution in [1.29, 1.82) is 5.26 Å². The molecule has 0 spiro atoms. The van der Waals surface area contributed by atoms with Crippen molar-refractivity contribution in [3.63, 3.8) is 0 Å². The van der Waals surface area contributed by atoms with Crippen LogP contribution in [0.1, 0.15) is 52.9 Å². The van der Waals surface area contributed by atoms with Crippen LogP contribution in [0.4, 0.5) is 4.39 Å². The van der Waals surface area contributed by atoms with E-state index in [-0.39, 0.29) is 11.5 Å². The first-order valence-corrected chi connectivity index (χ1v) is 10.9. The lowest BCUT2D eigenvalue weighted by Gasteiger charge is -2.25. The molecule has 31 heavy (non-hydrogen) atoms. The quantitative estimate of drug-likeness (QED) is 0.626. The van der Waals surface area contributed by atoms with Crippen LogP contribution >= 0.6 is 0 Å². The van der Waals surface area contributed by atoms with Crippen LogP contribution < -0.4 is 0 Å². The SMILES string of the molecule is N#Cc1ccc(-c2cc(C(=O)N3CCCCC3)nn2-c2ccc3c(c2)CCC3)cc1F. The lowest BCUT2D eigenvalue weighted by atomic mass is 10.1. The van der Waals surface area contributed by atoms with Gasteiger partial charge in [-0.2, -0.15) is 10.4 Å². The highest BCUT2D eigenvalue weighted by Gasteiger charge is 2.24. The van der Waals surface area contributed by atoms with Crippen molar-refractivity contribution in [2.45, 2.75) is 38.5 Å². The van der Waals surface area contributed by atoms with Crippen molar-refractivity contribution < 1.29 is 9.18 Å². The Hall–Kier alpha value is -3.46. The average Bonchev–Trinajstić information content (AvgIpc) is 3.46. The van der Waals surface area contributed by atoms with Crippen LogP contribution in [-0.4, -0.2) is 33.7 Å². The summed E-state index contributed by atoms with van der Waals surface area (Å²) in [6.07, 6.45) is 6.41. The summed E-state index contributed by atoms with van der Waals surface area (Å²) in [6.45, 7) is 1.48. The molecular formula is C25H23FN4O. The van der Waals surface area contributed by atoms with Crippen LogP contribution in [0, 0.1) is 17.1 Å². The minimum Gasteiger partial charge on any atom is -0.337 e. The Labute approximate surface area is 180 Å². The normalized spacial score (nSPS) is 15.5. The molecular weight excluding hydrogens is 391 g/mol. The van der Waals surface area contributed by atoms with E-state index in [1.165, 1.54) is 23.3 Å². The number of aromatic nitrogens is 2. The van der Waals surface area contributed by atoms with Crippen molar-refractivity contribution in [2.75, 3.05) is 13.1 Å². The number of likely N-dealkylation sites (tertiary alicyclic amines) is 1.